The van der Waals surface area contributed by atoms with E-state index in [0.717, 1.165) is 11.8 Å². The van der Waals surface area contributed by atoms with Crippen LogP contribution in [0.3, 0.4) is 0 Å². The smallest absolute Gasteiger partial charge is 0.208 e. The fraction of sp³-hybridized carbons (Fsp3) is 0.231. The fourth-order valence-electron chi connectivity index (χ4n) is 1.65. The number of halogens is 1. The maximum absolute atomic E-state index is 11.0. The Morgan fingerprint density at radius 2 is 1.86 bits per heavy atom. The molecule has 1 aromatic heterocycles. The van der Waals surface area contributed by atoms with Crippen LogP contribution in [0.4, 0.5) is 5.82 Å². The first-order chi connectivity index (χ1) is 9.94. The number of hydrogen-bond donors (Lipinski definition) is 2. The molecule has 0 aliphatic rings. The van der Waals surface area contributed by atoms with Gasteiger partial charge in [0.2, 0.25) is 10.0 Å². The summed E-state index contributed by atoms with van der Waals surface area (Å²) in [5, 5.41) is 3.33. The van der Waals surface area contributed by atoms with Crippen LogP contribution in [0, 0.1) is 0 Å². The maximum Gasteiger partial charge on any atom is 0.208 e. The van der Waals surface area contributed by atoms with Gasteiger partial charge in [-0.2, -0.15) is 0 Å². The molecule has 1 heterocycles. The van der Waals surface area contributed by atoms with E-state index in [1.165, 1.54) is 0 Å². The molecule has 0 unspecified atom stereocenters. The Morgan fingerprint density at radius 1 is 1.14 bits per heavy atom. The normalized spacial score (nSPS) is 11.3. The van der Waals surface area contributed by atoms with Crippen molar-refractivity contribution >= 4 is 27.4 Å². The molecule has 0 radical (unpaired) electrons. The Bertz CT molecular complexity index is 707. The number of nitrogens with zero attached hydrogens (tertiary/aromatic N) is 2. The summed E-state index contributed by atoms with van der Waals surface area (Å²) in [5.74, 6) is 1.06. The summed E-state index contributed by atoms with van der Waals surface area (Å²) in [7, 11) is -3.19. The van der Waals surface area contributed by atoms with Gasteiger partial charge >= 0.3 is 0 Å². The van der Waals surface area contributed by atoms with Crippen molar-refractivity contribution in [1.82, 2.24) is 14.7 Å². The van der Waals surface area contributed by atoms with Gasteiger partial charge in [0.25, 0.3) is 0 Å². The molecule has 0 aliphatic heterocycles. The third-order valence-corrected chi connectivity index (χ3v) is 3.44. The third kappa shape index (κ3) is 5.30. The fourth-order valence-corrected chi connectivity index (χ4v) is 2.31. The lowest BCUT2D eigenvalue weighted by molar-refractivity contribution is 0.589. The van der Waals surface area contributed by atoms with Crippen LogP contribution in [-0.2, 0) is 10.0 Å². The van der Waals surface area contributed by atoms with E-state index in [-0.39, 0.29) is 6.54 Å². The van der Waals surface area contributed by atoms with Gasteiger partial charge in [-0.05, 0) is 0 Å². The van der Waals surface area contributed by atoms with E-state index >= 15 is 0 Å². The van der Waals surface area contributed by atoms with Crippen LogP contribution < -0.4 is 10.0 Å². The highest BCUT2D eigenvalue weighted by Gasteiger charge is 2.06. The monoisotopic (exact) mass is 326 g/mol. The van der Waals surface area contributed by atoms with Crippen molar-refractivity contribution in [3.63, 3.8) is 0 Å². The van der Waals surface area contributed by atoms with Crippen molar-refractivity contribution in [2.24, 2.45) is 0 Å². The molecule has 6 nitrogen and oxygen atoms in total. The predicted molar refractivity (Wildman–Crippen MR) is 83.8 cm³/mol. The number of anilines is 1. The quantitative estimate of drug-likeness (QED) is 0.624. The summed E-state index contributed by atoms with van der Waals surface area (Å²) < 4.78 is 24.3. The summed E-state index contributed by atoms with van der Waals surface area (Å²) in [6.07, 6.45) is 1.11. The van der Waals surface area contributed by atoms with Crippen LogP contribution in [-0.4, -0.2) is 37.7 Å². The van der Waals surface area contributed by atoms with E-state index in [1.54, 1.807) is 6.07 Å². The average molecular weight is 327 g/mol. The van der Waals surface area contributed by atoms with Gasteiger partial charge in [-0.3, -0.25) is 0 Å². The van der Waals surface area contributed by atoms with Gasteiger partial charge in [0, 0.05) is 24.7 Å². The van der Waals surface area contributed by atoms with Gasteiger partial charge < -0.3 is 5.32 Å². The van der Waals surface area contributed by atoms with E-state index in [2.05, 4.69) is 20.0 Å². The molecule has 21 heavy (non-hydrogen) atoms. The molecule has 0 aliphatic carbocycles. The molecule has 0 spiro atoms. The highest BCUT2D eigenvalue weighted by molar-refractivity contribution is 7.88. The number of nitrogens with one attached hydrogen (secondary N) is 2. The number of aromatic nitrogens is 2. The second-order valence-electron chi connectivity index (χ2n) is 4.36. The molecule has 0 saturated carbocycles. The Hall–Kier alpha value is -1.70. The molecule has 8 heteroatoms. The van der Waals surface area contributed by atoms with Crippen molar-refractivity contribution in [2.75, 3.05) is 24.7 Å². The topological polar surface area (TPSA) is 84.0 Å². The van der Waals surface area contributed by atoms with E-state index < -0.39 is 10.0 Å². The van der Waals surface area contributed by atoms with Crippen LogP contribution in [0.2, 0.25) is 5.15 Å². The minimum Gasteiger partial charge on any atom is -0.369 e. The van der Waals surface area contributed by atoms with E-state index in [4.69, 9.17) is 11.6 Å². The van der Waals surface area contributed by atoms with E-state index in [0.29, 0.717) is 23.3 Å². The zero-order valence-electron chi connectivity index (χ0n) is 11.4. The molecular formula is C13H15ClN4O2S. The van der Waals surface area contributed by atoms with Crippen molar-refractivity contribution in [2.45, 2.75) is 0 Å². The van der Waals surface area contributed by atoms with Crippen molar-refractivity contribution in [3.05, 3.63) is 41.6 Å². The molecule has 0 fully saturated rings. The van der Waals surface area contributed by atoms with Crippen molar-refractivity contribution in [1.29, 1.82) is 0 Å². The second-order valence-corrected chi connectivity index (χ2v) is 6.58. The summed E-state index contributed by atoms with van der Waals surface area (Å²) in [4.78, 5) is 8.53. The van der Waals surface area contributed by atoms with Crippen LogP contribution in [0.5, 0.6) is 0 Å². The Kier molecular flexibility index (Phi) is 5.11. The number of hydrogen-bond acceptors (Lipinski definition) is 5. The molecule has 0 saturated heterocycles. The van der Waals surface area contributed by atoms with Gasteiger partial charge in [0.05, 0.1) is 6.26 Å². The van der Waals surface area contributed by atoms with Crippen LogP contribution in [0.15, 0.2) is 36.4 Å². The summed E-state index contributed by atoms with van der Waals surface area (Å²) in [6.45, 7) is 0.662. The highest BCUT2D eigenvalue weighted by atomic mass is 35.5. The maximum atomic E-state index is 11.0. The summed E-state index contributed by atoms with van der Waals surface area (Å²) in [5.41, 5.74) is 0.859. The number of benzene rings is 1. The lowest BCUT2D eigenvalue weighted by Gasteiger charge is -2.08. The first kappa shape index (κ1) is 15.7. The summed E-state index contributed by atoms with van der Waals surface area (Å²) in [6, 6.07) is 11.1. The van der Waals surface area contributed by atoms with Gasteiger partial charge in [-0.1, -0.05) is 41.9 Å². The lowest BCUT2D eigenvalue weighted by atomic mass is 10.2. The molecule has 2 aromatic rings. The van der Waals surface area contributed by atoms with Crippen LogP contribution in [0.1, 0.15) is 0 Å². The molecule has 112 valence electrons. The standard InChI is InChI=1S/C13H15ClN4O2S/c1-21(19,20)16-8-7-15-12-9-11(14)17-13(18-12)10-5-3-2-4-6-10/h2-6,9,16H,7-8H2,1H3,(H,15,17,18). The largest absolute Gasteiger partial charge is 0.369 e. The first-order valence-electron chi connectivity index (χ1n) is 6.22. The predicted octanol–water partition coefficient (Wildman–Crippen LogP) is 1.76. The summed E-state index contributed by atoms with van der Waals surface area (Å²) >= 11 is 5.98. The van der Waals surface area contributed by atoms with E-state index in [9.17, 15) is 8.42 Å². The van der Waals surface area contributed by atoms with Crippen LogP contribution >= 0.6 is 11.6 Å². The molecule has 0 bridgehead atoms. The highest BCUT2D eigenvalue weighted by Crippen LogP contribution is 2.19. The molecule has 2 rings (SSSR count). The van der Waals surface area contributed by atoms with Gasteiger partial charge in [-0.15, -0.1) is 0 Å². The first-order valence-corrected chi connectivity index (χ1v) is 8.49. The van der Waals surface area contributed by atoms with Gasteiger partial charge in [0.15, 0.2) is 5.82 Å². The second kappa shape index (κ2) is 6.84. The van der Waals surface area contributed by atoms with Gasteiger partial charge in [0.1, 0.15) is 11.0 Å². The third-order valence-electron chi connectivity index (χ3n) is 2.52. The minimum atomic E-state index is -3.19. The Balaban J connectivity index is 2.06. The number of sulfonamides is 1. The average Bonchev–Trinajstić information content (AvgIpc) is 2.43. The molecule has 2 N–H and O–H groups in total. The zero-order valence-corrected chi connectivity index (χ0v) is 12.9. The van der Waals surface area contributed by atoms with Crippen molar-refractivity contribution in [3.8, 4) is 11.4 Å². The SMILES string of the molecule is CS(=O)(=O)NCCNc1cc(Cl)nc(-c2ccccc2)n1. The Labute approximate surface area is 128 Å². The van der Waals surface area contributed by atoms with Crippen LogP contribution in [0.25, 0.3) is 11.4 Å². The molecule has 0 amide bonds. The number of rotatable bonds is 6. The van der Waals surface area contributed by atoms with E-state index in [1.807, 2.05) is 30.3 Å². The zero-order chi connectivity index (χ0) is 15.3. The van der Waals surface area contributed by atoms with Crippen molar-refractivity contribution < 1.29 is 8.42 Å². The lowest BCUT2D eigenvalue weighted by Crippen LogP contribution is -2.27. The minimum absolute atomic E-state index is 0.265. The Morgan fingerprint density at radius 3 is 2.52 bits per heavy atom. The molecular weight excluding hydrogens is 312 g/mol. The van der Waals surface area contributed by atoms with Gasteiger partial charge in [-0.25, -0.2) is 23.1 Å². The molecule has 1 aromatic carbocycles. The molecule has 0 atom stereocenters.